The highest BCUT2D eigenvalue weighted by Crippen LogP contribution is 2.27. The lowest BCUT2D eigenvalue weighted by Crippen LogP contribution is -2.59. The Bertz CT molecular complexity index is 369. The maximum absolute atomic E-state index is 5.98. The Morgan fingerprint density at radius 2 is 1.95 bits per heavy atom. The van der Waals surface area contributed by atoms with Crippen molar-refractivity contribution < 1.29 is 9.47 Å². The fourth-order valence-corrected chi connectivity index (χ4v) is 2.66. The number of hydrogen-bond donors (Lipinski definition) is 1. The van der Waals surface area contributed by atoms with E-state index in [1.165, 1.54) is 5.56 Å². The van der Waals surface area contributed by atoms with Gasteiger partial charge in [0.1, 0.15) is 0 Å². The predicted octanol–water partition coefficient (Wildman–Crippen LogP) is 2.79. The standard InChI is InChI=1S/C17H27NO2/c1-3-11-20-17-15(18-2)13-16(17)19-12-7-10-14-8-5-4-6-9-14/h4-6,8-9,15-18H,3,7,10-13H2,1-2H3. The van der Waals surface area contributed by atoms with E-state index in [0.29, 0.717) is 6.04 Å². The highest BCUT2D eigenvalue weighted by Gasteiger charge is 2.41. The summed E-state index contributed by atoms with van der Waals surface area (Å²) in [6, 6.07) is 11.0. The van der Waals surface area contributed by atoms with Crippen LogP contribution in [-0.2, 0) is 15.9 Å². The third-order valence-electron chi connectivity index (χ3n) is 3.92. The van der Waals surface area contributed by atoms with Crippen molar-refractivity contribution >= 4 is 0 Å². The first kappa shape index (κ1) is 15.5. The molecule has 112 valence electrons. The van der Waals surface area contributed by atoms with Crippen LogP contribution in [0.2, 0.25) is 0 Å². The summed E-state index contributed by atoms with van der Waals surface area (Å²) >= 11 is 0. The van der Waals surface area contributed by atoms with Crippen LogP contribution in [0, 0.1) is 0 Å². The van der Waals surface area contributed by atoms with Gasteiger partial charge < -0.3 is 14.8 Å². The van der Waals surface area contributed by atoms with Crippen LogP contribution in [0.4, 0.5) is 0 Å². The molecule has 1 aliphatic rings. The molecule has 1 saturated carbocycles. The molecule has 1 N–H and O–H groups in total. The molecule has 1 aromatic carbocycles. The van der Waals surface area contributed by atoms with Crippen LogP contribution < -0.4 is 5.32 Å². The van der Waals surface area contributed by atoms with Gasteiger partial charge in [0.25, 0.3) is 0 Å². The van der Waals surface area contributed by atoms with Gasteiger partial charge in [0.15, 0.2) is 0 Å². The Kier molecular flexibility index (Phi) is 6.51. The average Bonchev–Trinajstić information content (AvgIpc) is 2.47. The van der Waals surface area contributed by atoms with Crippen molar-refractivity contribution in [3.63, 3.8) is 0 Å². The molecule has 3 unspecified atom stereocenters. The van der Waals surface area contributed by atoms with Gasteiger partial charge in [-0.3, -0.25) is 0 Å². The molecule has 3 heteroatoms. The lowest BCUT2D eigenvalue weighted by molar-refractivity contribution is -0.146. The third-order valence-corrected chi connectivity index (χ3v) is 3.92. The number of ether oxygens (including phenoxy) is 2. The van der Waals surface area contributed by atoms with Gasteiger partial charge in [-0.15, -0.1) is 0 Å². The van der Waals surface area contributed by atoms with Crippen LogP contribution in [0.5, 0.6) is 0 Å². The number of likely N-dealkylation sites (N-methyl/N-ethyl adjacent to an activating group) is 1. The molecule has 0 saturated heterocycles. The van der Waals surface area contributed by atoms with E-state index < -0.39 is 0 Å². The normalized spacial score (nSPS) is 25.4. The third kappa shape index (κ3) is 4.30. The van der Waals surface area contributed by atoms with E-state index in [4.69, 9.17) is 9.47 Å². The number of nitrogens with one attached hydrogen (secondary N) is 1. The molecule has 0 spiro atoms. The van der Waals surface area contributed by atoms with Gasteiger partial charge in [0.2, 0.25) is 0 Å². The van der Waals surface area contributed by atoms with E-state index in [1.54, 1.807) is 0 Å². The van der Waals surface area contributed by atoms with E-state index in [-0.39, 0.29) is 12.2 Å². The fraction of sp³-hybridized carbons (Fsp3) is 0.647. The molecule has 1 aromatic rings. The van der Waals surface area contributed by atoms with Crippen molar-refractivity contribution in [3.05, 3.63) is 35.9 Å². The number of hydrogen-bond acceptors (Lipinski definition) is 3. The minimum absolute atomic E-state index is 0.233. The molecule has 0 bridgehead atoms. The van der Waals surface area contributed by atoms with Crippen molar-refractivity contribution in [2.75, 3.05) is 20.3 Å². The first-order chi connectivity index (χ1) is 9.85. The highest BCUT2D eigenvalue weighted by molar-refractivity contribution is 5.14. The van der Waals surface area contributed by atoms with E-state index in [0.717, 1.165) is 38.9 Å². The molecule has 0 radical (unpaired) electrons. The number of aryl methyl sites for hydroxylation is 1. The number of benzene rings is 1. The van der Waals surface area contributed by atoms with Crippen LogP contribution in [0.15, 0.2) is 30.3 Å². The summed E-state index contributed by atoms with van der Waals surface area (Å²) in [5.41, 5.74) is 1.39. The average molecular weight is 277 g/mol. The largest absolute Gasteiger partial charge is 0.375 e. The SMILES string of the molecule is CCCOC1C(NC)CC1OCCCc1ccccc1. The molecule has 20 heavy (non-hydrogen) atoms. The summed E-state index contributed by atoms with van der Waals surface area (Å²) in [5, 5.41) is 3.30. The van der Waals surface area contributed by atoms with E-state index in [9.17, 15) is 0 Å². The zero-order chi connectivity index (χ0) is 14.2. The van der Waals surface area contributed by atoms with E-state index >= 15 is 0 Å². The van der Waals surface area contributed by atoms with Crippen LogP contribution in [0.3, 0.4) is 0 Å². The molecule has 2 rings (SSSR count). The second-order valence-electron chi connectivity index (χ2n) is 5.46. The summed E-state index contributed by atoms with van der Waals surface area (Å²) in [7, 11) is 2.00. The summed E-state index contributed by atoms with van der Waals surface area (Å²) in [6.07, 6.45) is 4.80. The van der Waals surface area contributed by atoms with E-state index in [2.05, 4.69) is 42.6 Å². The predicted molar refractivity (Wildman–Crippen MR) is 82.0 cm³/mol. The van der Waals surface area contributed by atoms with Gasteiger partial charge in [-0.2, -0.15) is 0 Å². The minimum Gasteiger partial charge on any atom is -0.375 e. The van der Waals surface area contributed by atoms with Gasteiger partial charge in [-0.25, -0.2) is 0 Å². The molecule has 0 aliphatic heterocycles. The van der Waals surface area contributed by atoms with Gasteiger partial charge in [0, 0.05) is 19.3 Å². The maximum Gasteiger partial charge on any atom is 0.0990 e. The Labute approximate surface area is 122 Å². The van der Waals surface area contributed by atoms with Crippen LogP contribution in [0.1, 0.15) is 31.7 Å². The van der Waals surface area contributed by atoms with Gasteiger partial charge in [0.05, 0.1) is 12.2 Å². The molecule has 0 amide bonds. The van der Waals surface area contributed by atoms with E-state index in [1.807, 2.05) is 7.05 Å². The molecule has 0 heterocycles. The second kappa shape index (κ2) is 8.40. The van der Waals surface area contributed by atoms with Crippen molar-refractivity contribution in [1.82, 2.24) is 5.32 Å². The first-order valence-corrected chi connectivity index (χ1v) is 7.79. The molecular formula is C17H27NO2. The number of rotatable bonds is 9. The van der Waals surface area contributed by atoms with Crippen molar-refractivity contribution in [2.45, 2.75) is 50.9 Å². The highest BCUT2D eigenvalue weighted by atomic mass is 16.5. The zero-order valence-corrected chi connectivity index (χ0v) is 12.7. The molecule has 1 fully saturated rings. The quantitative estimate of drug-likeness (QED) is 0.704. The van der Waals surface area contributed by atoms with Gasteiger partial charge in [-0.1, -0.05) is 37.3 Å². The lowest BCUT2D eigenvalue weighted by Gasteiger charge is -2.43. The first-order valence-electron chi connectivity index (χ1n) is 7.79. The molecule has 0 aromatic heterocycles. The fourth-order valence-electron chi connectivity index (χ4n) is 2.66. The van der Waals surface area contributed by atoms with Crippen molar-refractivity contribution in [3.8, 4) is 0 Å². The monoisotopic (exact) mass is 277 g/mol. The molecule has 3 atom stereocenters. The summed E-state index contributed by atoms with van der Waals surface area (Å²) in [4.78, 5) is 0. The van der Waals surface area contributed by atoms with Crippen LogP contribution in [-0.4, -0.2) is 38.5 Å². The molecular weight excluding hydrogens is 250 g/mol. The minimum atomic E-state index is 0.233. The summed E-state index contributed by atoms with van der Waals surface area (Å²) in [5.74, 6) is 0. The lowest BCUT2D eigenvalue weighted by atomic mass is 9.85. The van der Waals surface area contributed by atoms with Gasteiger partial charge >= 0.3 is 0 Å². The molecule has 1 aliphatic carbocycles. The topological polar surface area (TPSA) is 30.5 Å². The van der Waals surface area contributed by atoms with Gasteiger partial charge in [-0.05, 0) is 38.3 Å². The zero-order valence-electron chi connectivity index (χ0n) is 12.7. The van der Waals surface area contributed by atoms with Crippen molar-refractivity contribution in [2.24, 2.45) is 0 Å². The maximum atomic E-state index is 5.98. The smallest absolute Gasteiger partial charge is 0.0990 e. The van der Waals surface area contributed by atoms with Crippen molar-refractivity contribution in [1.29, 1.82) is 0 Å². The Balaban J connectivity index is 1.63. The summed E-state index contributed by atoms with van der Waals surface area (Å²) in [6.45, 7) is 3.79. The summed E-state index contributed by atoms with van der Waals surface area (Å²) < 4.78 is 11.8. The Morgan fingerprint density at radius 1 is 1.15 bits per heavy atom. The second-order valence-corrected chi connectivity index (χ2v) is 5.46. The molecule has 3 nitrogen and oxygen atoms in total. The van der Waals surface area contributed by atoms with Crippen LogP contribution >= 0.6 is 0 Å². The van der Waals surface area contributed by atoms with Crippen LogP contribution in [0.25, 0.3) is 0 Å². The Hall–Kier alpha value is -0.900. The Morgan fingerprint density at radius 3 is 2.65 bits per heavy atom.